The molecular formula is C25H25F5N2O2. The number of hydrogen-bond acceptors (Lipinski definition) is 3. The highest BCUT2D eigenvalue weighted by Crippen LogP contribution is 2.48. The first-order chi connectivity index (χ1) is 16.1. The second-order valence-electron chi connectivity index (χ2n) is 9.44. The molecule has 182 valence electrons. The van der Waals surface area contributed by atoms with Crippen molar-refractivity contribution in [2.45, 2.75) is 57.2 Å². The van der Waals surface area contributed by atoms with E-state index in [0.717, 1.165) is 37.1 Å². The minimum Gasteiger partial charge on any atom is -0.365 e. The van der Waals surface area contributed by atoms with Crippen LogP contribution in [0.2, 0.25) is 0 Å². The second kappa shape index (κ2) is 8.30. The number of alkyl halides is 3. The van der Waals surface area contributed by atoms with Crippen LogP contribution >= 0.6 is 0 Å². The fraction of sp³-hybridized carbons (Fsp3) is 0.480. The first kappa shape index (κ1) is 23.2. The van der Waals surface area contributed by atoms with E-state index in [-0.39, 0.29) is 31.6 Å². The van der Waals surface area contributed by atoms with E-state index in [9.17, 15) is 26.7 Å². The maximum absolute atomic E-state index is 14.2. The van der Waals surface area contributed by atoms with Crippen LogP contribution in [-0.2, 0) is 34.5 Å². The summed E-state index contributed by atoms with van der Waals surface area (Å²) in [6, 6.07) is 5.75. The number of benzene rings is 2. The molecule has 3 aliphatic rings. The minimum atomic E-state index is -4.48. The van der Waals surface area contributed by atoms with E-state index in [1.54, 1.807) is 11.8 Å². The first-order valence-corrected chi connectivity index (χ1v) is 11.4. The Hall–Kier alpha value is -2.52. The molecule has 5 rings (SSSR count). The number of nitrogens with one attached hydrogen (secondary N) is 1. The number of aryl methyl sites for hydroxylation is 1. The number of piperidine rings is 1. The van der Waals surface area contributed by atoms with Gasteiger partial charge in [-0.25, -0.2) is 8.78 Å². The van der Waals surface area contributed by atoms with Gasteiger partial charge in [0.15, 0.2) is 11.6 Å². The quantitative estimate of drug-likeness (QED) is 0.639. The Morgan fingerprint density at radius 1 is 1.18 bits per heavy atom. The van der Waals surface area contributed by atoms with E-state index in [4.69, 9.17) is 4.74 Å². The molecule has 2 aromatic carbocycles. The van der Waals surface area contributed by atoms with E-state index in [2.05, 4.69) is 5.32 Å². The standard InChI is InChI=1S/C25H25F5N2O2/c1-14-2-3-17(25(28,29)30)8-15(14)12-32(18-4-5-18)23(33)20-11-31-7-6-24(20)19-10-22(27)21(26)9-16(19)13-34-24/h2-3,8-10,18,20,31H,4-7,11-13H2,1H3/t20?,24-/m0/s1. The normalized spacial score (nSPS) is 24.4. The molecule has 2 aromatic rings. The van der Waals surface area contributed by atoms with Crippen LogP contribution in [0.3, 0.4) is 0 Å². The molecule has 4 nitrogen and oxygen atoms in total. The van der Waals surface area contributed by atoms with Crippen molar-refractivity contribution >= 4 is 5.91 Å². The smallest absolute Gasteiger partial charge is 0.365 e. The lowest BCUT2D eigenvalue weighted by Gasteiger charge is -2.43. The van der Waals surface area contributed by atoms with Crippen molar-refractivity contribution in [3.63, 3.8) is 0 Å². The number of amides is 1. The number of halogens is 5. The van der Waals surface area contributed by atoms with Gasteiger partial charge < -0.3 is 15.0 Å². The second-order valence-corrected chi connectivity index (χ2v) is 9.44. The van der Waals surface area contributed by atoms with Gasteiger partial charge in [0.1, 0.15) is 5.60 Å². The number of hydrogen-bond donors (Lipinski definition) is 1. The van der Waals surface area contributed by atoms with Gasteiger partial charge in [0.25, 0.3) is 0 Å². The van der Waals surface area contributed by atoms with E-state index < -0.39 is 34.9 Å². The van der Waals surface area contributed by atoms with Crippen molar-refractivity contribution in [3.8, 4) is 0 Å². The summed E-state index contributed by atoms with van der Waals surface area (Å²) in [6.45, 7) is 2.67. The van der Waals surface area contributed by atoms with Gasteiger partial charge in [-0.3, -0.25) is 4.79 Å². The van der Waals surface area contributed by atoms with Crippen molar-refractivity contribution < 1.29 is 31.5 Å². The molecule has 2 aliphatic heterocycles. The molecule has 1 N–H and O–H groups in total. The zero-order valence-corrected chi connectivity index (χ0v) is 18.6. The summed E-state index contributed by atoms with van der Waals surface area (Å²) in [5, 5.41) is 3.20. The summed E-state index contributed by atoms with van der Waals surface area (Å²) >= 11 is 0. The fourth-order valence-electron chi connectivity index (χ4n) is 5.20. The van der Waals surface area contributed by atoms with Gasteiger partial charge in [-0.15, -0.1) is 0 Å². The lowest BCUT2D eigenvalue weighted by molar-refractivity contribution is -0.157. The van der Waals surface area contributed by atoms with Crippen LogP contribution in [-0.4, -0.2) is 29.9 Å². The molecule has 2 atom stereocenters. The maximum Gasteiger partial charge on any atom is 0.416 e. The predicted octanol–water partition coefficient (Wildman–Crippen LogP) is 4.82. The molecule has 34 heavy (non-hydrogen) atoms. The third-order valence-corrected chi connectivity index (χ3v) is 7.26. The summed E-state index contributed by atoms with van der Waals surface area (Å²) in [4.78, 5) is 15.6. The molecule has 2 heterocycles. The summed E-state index contributed by atoms with van der Waals surface area (Å²) in [7, 11) is 0. The van der Waals surface area contributed by atoms with Crippen LogP contribution < -0.4 is 5.32 Å². The lowest BCUT2D eigenvalue weighted by atomic mass is 9.75. The summed E-state index contributed by atoms with van der Waals surface area (Å²) < 4.78 is 74.0. The maximum atomic E-state index is 14.2. The predicted molar refractivity (Wildman–Crippen MR) is 114 cm³/mol. The molecule has 0 radical (unpaired) electrons. The zero-order chi connectivity index (χ0) is 24.3. The molecular weight excluding hydrogens is 455 g/mol. The molecule has 1 saturated carbocycles. The molecule has 1 spiro atoms. The van der Waals surface area contributed by atoms with Crippen LogP contribution in [0.15, 0.2) is 30.3 Å². The third kappa shape index (κ3) is 3.98. The van der Waals surface area contributed by atoms with Crippen LogP contribution in [0.5, 0.6) is 0 Å². The van der Waals surface area contributed by atoms with Crippen molar-refractivity contribution in [2.24, 2.45) is 5.92 Å². The van der Waals surface area contributed by atoms with Gasteiger partial charge in [-0.2, -0.15) is 13.2 Å². The van der Waals surface area contributed by atoms with Crippen molar-refractivity contribution in [2.75, 3.05) is 13.1 Å². The van der Waals surface area contributed by atoms with E-state index in [0.29, 0.717) is 35.2 Å². The number of carbonyl (C=O) groups excluding carboxylic acids is 1. The molecule has 0 aromatic heterocycles. The Bertz CT molecular complexity index is 1130. The summed E-state index contributed by atoms with van der Waals surface area (Å²) in [5.74, 6) is -2.91. The van der Waals surface area contributed by atoms with Gasteiger partial charge in [0.05, 0.1) is 18.1 Å². The molecule has 1 amide bonds. The first-order valence-electron chi connectivity index (χ1n) is 11.4. The number of nitrogens with zero attached hydrogens (tertiary/aromatic N) is 1. The topological polar surface area (TPSA) is 41.6 Å². The van der Waals surface area contributed by atoms with Crippen LogP contribution in [0.25, 0.3) is 0 Å². The van der Waals surface area contributed by atoms with Gasteiger partial charge in [0.2, 0.25) is 5.91 Å². The van der Waals surface area contributed by atoms with Crippen LogP contribution in [0, 0.1) is 24.5 Å². The zero-order valence-electron chi connectivity index (χ0n) is 18.6. The molecule has 9 heteroatoms. The Morgan fingerprint density at radius 3 is 2.62 bits per heavy atom. The average molecular weight is 480 g/mol. The SMILES string of the molecule is Cc1ccc(C(F)(F)F)cc1CN(C(=O)C1CNCC[C@@]12OCc1cc(F)c(F)cc12)C1CC1. The van der Waals surface area contributed by atoms with E-state index in [1.807, 2.05) is 0 Å². The largest absolute Gasteiger partial charge is 0.416 e. The van der Waals surface area contributed by atoms with Crippen molar-refractivity contribution in [1.82, 2.24) is 10.2 Å². The number of carbonyl (C=O) groups is 1. The molecule has 1 saturated heterocycles. The Morgan fingerprint density at radius 2 is 1.91 bits per heavy atom. The minimum absolute atomic E-state index is 0.0521. The lowest BCUT2D eigenvalue weighted by Crippen LogP contribution is -2.55. The molecule has 0 bridgehead atoms. The monoisotopic (exact) mass is 480 g/mol. The van der Waals surface area contributed by atoms with Crippen LogP contribution in [0.1, 0.15) is 47.1 Å². The van der Waals surface area contributed by atoms with E-state index >= 15 is 0 Å². The van der Waals surface area contributed by atoms with Gasteiger partial charge in [-0.05, 0) is 79.3 Å². The van der Waals surface area contributed by atoms with Crippen molar-refractivity contribution in [1.29, 1.82) is 0 Å². The van der Waals surface area contributed by atoms with Gasteiger partial charge >= 0.3 is 6.18 Å². The van der Waals surface area contributed by atoms with Crippen LogP contribution in [0.4, 0.5) is 22.0 Å². The number of ether oxygens (including phenoxy) is 1. The van der Waals surface area contributed by atoms with E-state index in [1.165, 1.54) is 6.07 Å². The molecule has 1 aliphatic carbocycles. The molecule has 2 fully saturated rings. The number of rotatable bonds is 4. The highest BCUT2D eigenvalue weighted by Gasteiger charge is 2.53. The Labute approximate surface area is 194 Å². The van der Waals surface area contributed by atoms with Gasteiger partial charge in [-0.1, -0.05) is 6.07 Å². The van der Waals surface area contributed by atoms with Gasteiger partial charge in [0, 0.05) is 19.1 Å². The highest BCUT2D eigenvalue weighted by molar-refractivity contribution is 5.82. The summed E-state index contributed by atoms with van der Waals surface area (Å²) in [6.07, 6.45) is -2.53. The number of fused-ring (bicyclic) bond motifs is 2. The highest BCUT2D eigenvalue weighted by atomic mass is 19.4. The fourth-order valence-corrected chi connectivity index (χ4v) is 5.20. The van der Waals surface area contributed by atoms with Crippen molar-refractivity contribution in [3.05, 3.63) is 69.8 Å². The third-order valence-electron chi connectivity index (χ3n) is 7.26. The average Bonchev–Trinajstić information content (AvgIpc) is 3.58. The Kier molecular flexibility index (Phi) is 5.67. The Balaban J connectivity index is 1.49. The molecule has 1 unspecified atom stereocenters. The summed E-state index contributed by atoms with van der Waals surface area (Å²) in [5.41, 5.74) is 0.263.